The van der Waals surface area contributed by atoms with Gasteiger partial charge in [-0.05, 0) is 70.2 Å². The third-order valence-electron chi connectivity index (χ3n) is 6.60. The fraction of sp³-hybridized carbons (Fsp3) is 0.440. The van der Waals surface area contributed by atoms with Crippen LogP contribution in [0.3, 0.4) is 0 Å². The molecule has 1 aromatic heterocycles. The summed E-state index contributed by atoms with van der Waals surface area (Å²) in [5.74, 6) is -0.299. The lowest BCUT2D eigenvalue weighted by molar-refractivity contribution is -0.126. The minimum absolute atomic E-state index is 0.00917. The molecule has 1 amide bonds. The van der Waals surface area contributed by atoms with Crippen LogP contribution in [0.25, 0.3) is 11.3 Å². The fourth-order valence-electron chi connectivity index (χ4n) is 4.49. The number of aromatic nitrogens is 1. The van der Waals surface area contributed by atoms with Crippen molar-refractivity contribution in [2.45, 2.75) is 62.9 Å². The molecule has 0 aliphatic heterocycles. The molecule has 34 heavy (non-hydrogen) atoms. The number of allylic oxidation sites excluding steroid dienone is 3. The van der Waals surface area contributed by atoms with Crippen LogP contribution >= 0.6 is 11.3 Å². The summed E-state index contributed by atoms with van der Waals surface area (Å²) < 4.78 is 41.7. The first kappa shape index (κ1) is 24.8. The van der Waals surface area contributed by atoms with E-state index in [1.807, 2.05) is 19.2 Å². The zero-order valence-electron chi connectivity index (χ0n) is 19.3. The standard InChI is InChI=1S/C25H30FN3O3S2/c1-16(18-3-9-21(26)10-4-18)27-25(30)20-5-11-22(12-6-20)29-34(31,32)23-13-7-19(8-14-23)24-15-33-17(2)28-24/h3,7-10,13-16,18,20,22,29H,4-6,11-12H2,1-2H3,(H,27,30)/t16-,18?,20?,22?/m1/s1. The minimum Gasteiger partial charge on any atom is -0.353 e. The van der Waals surface area contributed by atoms with Crippen LogP contribution in [0.5, 0.6) is 0 Å². The number of hydrogen-bond acceptors (Lipinski definition) is 5. The number of thiazole rings is 1. The fourth-order valence-corrected chi connectivity index (χ4v) is 6.42. The van der Waals surface area contributed by atoms with Crippen molar-refractivity contribution < 1.29 is 17.6 Å². The Morgan fingerprint density at radius 2 is 1.88 bits per heavy atom. The average Bonchev–Trinajstić information content (AvgIpc) is 3.26. The third kappa shape index (κ3) is 6.00. The lowest BCUT2D eigenvalue weighted by Crippen LogP contribution is -2.44. The number of aryl methyl sites for hydroxylation is 1. The van der Waals surface area contributed by atoms with Crippen molar-refractivity contribution in [3.8, 4) is 11.3 Å². The van der Waals surface area contributed by atoms with Crippen molar-refractivity contribution in [1.29, 1.82) is 0 Å². The van der Waals surface area contributed by atoms with Gasteiger partial charge >= 0.3 is 0 Å². The van der Waals surface area contributed by atoms with E-state index < -0.39 is 10.0 Å². The summed E-state index contributed by atoms with van der Waals surface area (Å²) in [6, 6.07) is 6.48. The number of benzene rings is 1. The highest BCUT2D eigenvalue weighted by atomic mass is 32.2. The number of sulfonamides is 1. The van der Waals surface area contributed by atoms with E-state index in [0.29, 0.717) is 32.1 Å². The van der Waals surface area contributed by atoms with Gasteiger partial charge in [-0.1, -0.05) is 18.2 Å². The maximum atomic E-state index is 13.2. The first-order chi connectivity index (χ1) is 16.2. The summed E-state index contributed by atoms with van der Waals surface area (Å²) in [4.78, 5) is 17.4. The predicted molar refractivity (Wildman–Crippen MR) is 132 cm³/mol. The summed E-state index contributed by atoms with van der Waals surface area (Å²) in [5.41, 5.74) is 1.72. The monoisotopic (exact) mass is 503 g/mol. The molecule has 2 aliphatic rings. The Balaban J connectivity index is 1.27. The summed E-state index contributed by atoms with van der Waals surface area (Å²) in [7, 11) is -3.64. The third-order valence-corrected chi connectivity index (χ3v) is 8.91. The number of nitrogens with zero attached hydrogens (tertiary/aromatic N) is 1. The maximum Gasteiger partial charge on any atom is 0.240 e. The van der Waals surface area contributed by atoms with Gasteiger partial charge in [-0.2, -0.15) is 0 Å². The second-order valence-corrected chi connectivity index (χ2v) is 11.9. The SMILES string of the molecule is Cc1nc(-c2ccc(S(=O)(=O)NC3CCC(C(=O)N[C@H](C)C4C=CC(F)=CC4)CC3)cc2)cs1. The number of halogens is 1. The normalized spacial score (nSPS) is 23.9. The highest BCUT2D eigenvalue weighted by Gasteiger charge is 2.30. The molecule has 1 fully saturated rings. The zero-order valence-corrected chi connectivity index (χ0v) is 21.0. The molecule has 6 nitrogen and oxygen atoms in total. The van der Waals surface area contributed by atoms with E-state index in [9.17, 15) is 17.6 Å². The van der Waals surface area contributed by atoms with Gasteiger partial charge in [0.05, 0.1) is 15.6 Å². The van der Waals surface area contributed by atoms with Crippen LogP contribution in [0.4, 0.5) is 4.39 Å². The van der Waals surface area contributed by atoms with Crippen molar-refractivity contribution in [2.24, 2.45) is 11.8 Å². The van der Waals surface area contributed by atoms with Gasteiger partial charge in [0, 0.05) is 34.9 Å². The van der Waals surface area contributed by atoms with Gasteiger partial charge in [0.2, 0.25) is 15.9 Å². The molecule has 0 radical (unpaired) electrons. The Morgan fingerprint density at radius 3 is 2.47 bits per heavy atom. The highest BCUT2D eigenvalue weighted by molar-refractivity contribution is 7.89. The van der Waals surface area contributed by atoms with Gasteiger partial charge in [0.1, 0.15) is 5.83 Å². The number of carbonyl (C=O) groups excluding carboxylic acids is 1. The Bertz CT molecular complexity index is 1180. The number of carbonyl (C=O) groups is 1. The molecule has 1 heterocycles. The second-order valence-electron chi connectivity index (χ2n) is 9.09. The molecule has 2 N–H and O–H groups in total. The van der Waals surface area contributed by atoms with Crippen LogP contribution in [0.1, 0.15) is 44.0 Å². The average molecular weight is 504 g/mol. The van der Waals surface area contributed by atoms with Crippen molar-refractivity contribution in [1.82, 2.24) is 15.0 Å². The quantitative estimate of drug-likeness (QED) is 0.563. The van der Waals surface area contributed by atoms with Crippen molar-refractivity contribution in [3.05, 3.63) is 58.7 Å². The Labute approximate surface area is 204 Å². The first-order valence-electron chi connectivity index (χ1n) is 11.6. The van der Waals surface area contributed by atoms with Crippen LogP contribution in [-0.2, 0) is 14.8 Å². The second kappa shape index (κ2) is 10.5. The number of nitrogens with one attached hydrogen (secondary N) is 2. The minimum atomic E-state index is -3.64. The van der Waals surface area contributed by atoms with Crippen LogP contribution in [0.2, 0.25) is 0 Å². The van der Waals surface area contributed by atoms with Crippen LogP contribution in [-0.4, -0.2) is 31.4 Å². The molecule has 2 aliphatic carbocycles. The summed E-state index contributed by atoms with van der Waals surface area (Å²) >= 11 is 1.56. The van der Waals surface area contributed by atoms with Crippen molar-refractivity contribution in [3.63, 3.8) is 0 Å². The topological polar surface area (TPSA) is 88.2 Å². The molecule has 4 rings (SSSR count). The highest BCUT2D eigenvalue weighted by Crippen LogP contribution is 2.28. The molecule has 1 unspecified atom stereocenters. The molecule has 182 valence electrons. The van der Waals surface area contributed by atoms with Crippen molar-refractivity contribution in [2.75, 3.05) is 0 Å². The van der Waals surface area contributed by atoms with Crippen LogP contribution in [0, 0.1) is 18.8 Å². The van der Waals surface area contributed by atoms with Crippen LogP contribution < -0.4 is 10.0 Å². The molecule has 0 bridgehead atoms. The van der Waals surface area contributed by atoms with Crippen LogP contribution in [0.15, 0.2) is 58.6 Å². The van der Waals surface area contributed by atoms with Gasteiger partial charge in [-0.15, -0.1) is 11.3 Å². The predicted octanol–water partition coefficient (Wildman–Crippen LogP) is 4.89. The first-order valence-corrected chi connectivity index (χ1v) is 14.0. The summed E-state index contributed by atoms with van der Waals surface area (Å²) in [6.07, 6.45) is 7.84. The number of hydrogen-bond donors (Lipinski definition) is 2. The molecular formula is C25H30FN3O3S2. The summed E-state index contributed by atoms with van der Waals surface area (Å²) in [6.45, 7) is 3.87. The lowest BCUT2D eigenvalue weighted by atomic mass is 9.85. The van der Waals surface area contributed by atoms with Crippen molar-refractivity contribution >= 4 is 27.3 Å². The van der Waals surface area contributed by atoms with E-state index >= 15 is 0 Å². The molecule has 0 saturated heterocycles. The van der Waals surface area contributed by atoms with E-state index in [4.69, 9.17) is 0 Å². The molecular weight excluding hydrogens is 473 g/mol. The maximum absolute atomic E-state index is 13.2. The van der Waals surface area contributed by atoms with E-state index in [2.05, 4.69) is 15.0 Å². The molecule has 0 spiro atoms. The molecule has 1 aromatic carbocycles. The molecule has 2 aromatic rings. The Morgan fingerprint density at radius 1 is 1.18 bits per heavy atom. The molecule has 2 atom stereocenters. The summed E-state index contributed by atoms with van der Waals surface area (Å²) in [5, 5.41) is 5.98. The van der Waals surface area contributed by atoms with E-state index in [0.717, 1.165) is 16.3 Å². The number of rotatable bonds is 7. The zero-order chi connectivity index (χ0) is 24.3. The lowest BCUT2D eigenvalue weighted by Gasteiger charge is -2.30. The largest absolute Gasteiger partial charge is 0.353 e. The Hall–Kier alpha value is -2.36. The smallest absolute Gasteiger partial charge is 0.240 e. The number of amides is 1. The Kier molecular flexibility index (Phi) is 7.64. The van der Waals surface area contributed by atoms with Gasteiger partial charge in [0.15, 0.2) is 0 Å². The van der Waals surface area contributed by atoms with Gasteiger partial charge in [0.25, 0.3) is 0 Å². The van der Waals surface area contributed by atoms with E-state index in [1.165, 1.54) is 12.2 Å². The van der Waals surface area contributed by atoms with Gasteiger partial charge in [-0.3, -0.25) is 4.79 Å². The molecule has 9 heteroatoms. The van der Waals surface area contributed by atoms with Gasteiger partial charge < -0.3 is 5.32 Å². The molecule has 1 saturated carbocycles. The van der Waals surface area contributed by atoms with E-state index in [1.54, 1.807) is 41.7 Å². The van der Waals surface area contributed by atoms with Gasteiger partial charge in [-0.25, -0.2) is 22.5 Å². The van der Waals surface area contributed by atoms with E-state index in [-0.39, 0.29) is 40.5 Å².